The van der Waals surface area contributed by atoms with E-state index in [-0.39, 0.29) is 57.6 Å². The van der Waals surface area contributed by atoms with Crippen LogP contribution in [0.5, 0.6) is 34.5 Å². The zero-order chi connectivity index (χ0) is 15.0. The molecule has 2 aromatic rings. The van der Waals surface area contributed by atoms with E-state index >= 15 is 0 Å². The summed E-state index contributed by atoms with van der Waals surface area (Å²) in [5.41, 5.74) is 0.269. The molecular formula is C14H14O6. The SMILES string of the molecule is Cc1c(O)cc(O)c(Cc2c(O)cc(O)cc2O)c1O. The Morgan fingerprint density at radius 2 is 1.20 bits per heavy atom. The molecule has 0 fully saturated rings. The van der Waals surface area contributed by atoms with E-state index in [1.165, 1.54) is 6.92 Å². The molecule has 2 rings (SSSR count). The van der Waals surface area contributed by atoms with Gasteiger partial charge in [0.05, 0.1) is 0 Å². The minimum absolute atomic E-state index is 0.0403. The smallest absolute Gasteiger partial charge is 0.129 e. The van der Waals surface area contributed by atoms with Gasteiger partial charge >= 0.3 is 0 Å². The minimum atomic E-state index is -0.368. The molecule has 0 aliphatic rings. The monoisotopic (exact) mass is 278 g/mol. The quantitative estimate of drug-likeness (QED) is 0.498. The van der Waals surface area contributed by atoms with Crippen LogP contribution in [0.4, 0.5) is 0 Å². The predicted octanol–water partition coefficient (Wildman–Crippen LogP) is 1.82. The maximum absolute atomic E-state index is 9.92. The fourth-order valence-electron chi connectivity index (χ4n) is 1.95. The van der Waals surface area contributed by atoms with Crippen LogP contribution in [0.3, 0.4) is 0 Å². The van der Waals surface area contributed by atoms with Crippen LogP contribution in [0.2, 0.25) is 0 Å². The summed E-state index contributed by atoms with van der Waals surface area (Å²) in [6.45, 7) is 1.46. The molecular weight excluding hydrogens is 264 g/mol. The molecule has 106 valence electrons. The van der Waals surface area contributed by atoms with Crippen molar-refractivity contribution in [3.8, 4) is 34.5 Å². The highest BCUT2D eigenvalue weighted by Gasteiger charge is 2.18. The largest absolute Gasteiger partial charge is 0.508 e. The lowest BCUT2D eigenvalue weighted by Crippen LogP contribution is -1.94. The van der Waals surface area contributed by atoms with Crippen LogP contribution in [0.25, 0.3) is 0 Å². The number of hydrogen-bond acceptors (Lipinski definition) is 6. The Morgan fingerprint density at radius 3 is 1.75 bits per heavy atom. The first-order valence-corrected chi connectivity index (χ1v) is 5.78. The molecule has 0 amide bonds. The number of rotatable bonds is 2. The van der Waals surface area contributed by atoms with Crippen LogP contribution in [0, 0.1) is 6.92 Å². The first-order valence-electron chi connectivity index (χ1n) is 5.78. The molecule has 0 bridgehead atoms. The molecule has 6 N–H and O–H groups in total. The summed E-state index contributed by atoms with van der Waals surface area (Å²) in [5.74, 6) is -1.99. The highest BCUT2D eigenvalue weighted by atomic mass is 16.3. The normalized spacial score (nSPS) is 10.7. The summed E-state index contributed by atoms with van der Waals surface area (Å²) in [7, 11) is 0. The van der Waals surface area contributed by atoms with Gasteiger partial charge in [0.1, 0.15) is 34.5 Å². The molecule has 2 aromatic carbocycles. The van der Waals surface area contributed by atoms with E-state index in [2.05, 4.69) is 0 Å². The van der Waals surface area contributed by atoms with Crippen molar-refractivity contribution in [2.75, 3.05) is 0 Å². The van der Waals surface area contributed by atoms with E-state index in [9.17, 15) is 30.6 Å². The van der Waals surface area contributed by atoms with Crippen molar-refractivity contribution in [1.29, 1.82) is 0 Å². The number of hydrogen-bond donors (Lipinski definition) is 6. The molecule has 0 saturated heterocycles. The Balaban J connectivity index is 2.54. The van der Waals surface area contributed by atoms with Gasteiger partial charge in [0, 0.05) is 41.3 Å². The van der Waals surface area contributed by atoms with Crippen LogP contribution >= 0.6 is 0 Å². The Morgan fingerprint density at radius 1 is 0.700 bits per heavy atom. The van der Waals surface area contributed by atoms with Gasteiger partial charge in [-0.15, -0.1) is 0 Å². The lowest BCUT2D eigenvalue weighted by atomic mass is 9.98. The van der Waals surface area contributed by atoms with Crippen molar-refractivity contribution in [2.45, 2.75) is 13.3 Å². The predicted molar refractivity (Wildman–Crippen MR) is 70.4 cm³/mol. The second kappa shape index (κ2) is 4.73. The molecule has 0 radical (unpaired) electrons. The average molecular weight is 278 g/mol. The Bertz CT molecular complexity index is 655. The molecule has 0 aromatic heterocycles. The molecule has 0 heterocycles. The summed E-state index contributed by atoms with van der Waals surface area (Å²) < 4.78 is 0. The minimum Gasteiger partial charge on any atom is -0.508 e. The van der Waals surface area contributed by atoms with E-state index in [0.29, 0.717) is 0 Å². The second-order valence-corrected chi connectivity index (χ2v) is 4.51. The summed E-state index contributed by atoms with van der Waals surface area (Å²) in [4.78, 5) is 0. The van der Waals surface area contributed by atoms with Crippen LogP contribution in [0.1, 0.15) is 16.7 Å². The van der Waals surface area contributed by atoms with E-state index < -0.39 is 0 Å². The van der Waals surface area contributed by atoms with Gasteiger partial charge in [-0.2, -0.15) is 0 Å². The summed E-state index contributed by atoms with van der Waals surface area (Å²) in [6.07, 6.45) is -0.170. The molecule has 6 heteroatoms. The van der Waals surface area contributed by atoms with E-state index in [4.69, 9.17) is 0 Å². The zero-order valence-electron chi connectivity index (χ0n) is 10.6. The van der Waals surface area contributed by atoms with Crippen LogP contribution in [0.15, 0.2) is 18.2 Å². The lowest BCUT2D eigenvalue weighted by molar-refractivity contribution is 0.410. The Labute approximate surface area is 114 Å². The van der Waals surface area contributed by atoms with Crippen LogP contribution in [-0.2, 0) is 6.42 Å². The molecule has 0 saturated carbocycles. The molecule has 0 atom stereocenters. The van der Waals surface area contributed by atoms with Gasteiger partial charge in [-0.3, -0.25) is 0 Å². The summed E-state index contributed by atoms with van der Waals surface area (Å²) in [5, 5.41) is 57.8. The van der Waals surface area contributed by atoms with E-state index in [0.717, 1.165) is 18.2 Å². The van der Waals surface area contributed by atoms with Gasteiger partial charge in [0.25, 0.3) is 0 Å². The molecule has 20 heavy (non-hydrogen) atoms. The zero-order valence-corrected chi connectivity index (χ0v) is 10.6. The van der Waals surface area contributed by atoms with Gasteiger partial charge in [-0.05, 0) is 6.92 Å². The van der Waals surface area contributed by atoms with Crippen LogP contribution in [-0.4, -0.2) is 30.6 Å². The average Bonchev–Trinajstić information content (AvgIpc) is 2.34. The van der Waals surface area contributed by atoms with Gasteiger partial charge in [-0.1, -0.05) is 0 Å². The third-order valence-electron chi connectivity index (χ3n) is 3.15. The third-order valence-corrected chi connectivity index (χ3v) is 3.15. The van der Waals surface area contributed by atoms with Gasteiger partial charge in [0.2, 0.25) is 0 Å². The maximum atomic E-state index is 9.92. The molecule has 0 aliphatic carbocycles. The number of aromatic hydroxyl groups is 6. The van der Waals surface area contributed by atoms with E-state index in [1.807, 2.05) is 0 Å². The molecule has 6 nitrogen and oxygen atoms in total. The van der Waals surface area contributed by atoms with Crippen molar-refractivity contribution in [1.82, 2.24) is 0 Å². The lowest BCUT2D eigenvalue weighted by Gasteiger charge is -2.13. The van der Waals surface area contributed by atoms with E-state index in [1.54, 1.807) is 0 Å². The summed E-state index contributed by atoms with van der Waals surface area (Å²) >= 11 is 0. The number of benzene rings is 2. The number of phenols is 6. The van der Waals surface area contributed by atoms with Crippen LogP contribution < -0.4 is 0 Å². The maximum Gasteiger partial charge on any atom is 0.129 e. The van der Waals surface area contributed by atoms with Gasteiger partial charge < -0.3 is 30.6 Å². The standard InChI is InChI=1S/C14H14O6/c1-6-10(16)5-13(19)9(14(6)20)4-8-11(17)2-7(15)3-12(8)18/h2-3,5,15-20H,4H2,1H3. The van der Waals surface area contributed by atoms with Crippen molar-refractivity contribution in [2.24, 2.45) is 0 Å². The third kappa shape index (κ3) is 2.23. The topological polar surface area (TPSA) is 121 Å². The molecule has 0 spiro atoms. The van der Waals surface area contributed by atoms with Gasteiger partial charge in [-0.25, -0.2) is 0 Å². The fraction of sp³-hybridized carbons (Fsp3) is 0.143. The van der Waals surface area contributed by atoms with Crippen molar-refractivity contribution >= 4 is 0 Å². The van der Waals surface area contributed by atoms with Crippen molar-refractivity contribution < 1.29 is 30.6 Å². The second-order valence-electron chi connectivity index (χ2n) is 4.51. The van der Waals surface area contributed by atoms with Gasteiger partial charge in [0.15, 0.2) is 0 Å². The highest BCUT2D eigenvalue weighted by Crippen LogP contribution is 2.41. The number of phenolic OH excluding ortho intramolecular Hbond substituents is 6. The highest BCUT2D eigenvalue weighted by molar-refractivity contribution is 5.59. The molecule has 0 unspecified atom stereocenters. The Kier molecular flexibility index (Phi) is 3.23. The van der Waals surface area contributed by atoms with Crippen molar-refractivity contribution in [3.63, 3.8) is 0 Å². The first kappa shape index (κ1) is 13.7. The Hall–Kier alpha value is -2.76. The first-order chi connectivity index (χ1) is 9.31. The molecule has 0 aliphatic heterocycles. The summed E-state index contributed by atoms with van der Waals surface area (Å²) in [6, 6.07) is 3.14. The fourth-order valence-corrected chi connectivity index (χ4v) is 1.95. The van der Waals surface area contributed by atoms with Crippen molar-refractivity contribution in [3.05, 3.63) is 34.9 Å².